The van der Waals surface area contributed by atoms with Crippen LogP contribution in [0.1, 0.15) is 103 Å². The molecule has 1 N–H and O–H groups in total. The summed E-state index contributed by atoms with van der Waals surface area (Å²) in [7, 11) is 0. The van der Waals surface area contributed by atoms with Crippen LogP contribution in [-0.4, -0.2) is 11.2 Å². The number of hydrogen-bond acceptors (Lipinski definition) is 1. The maximum atomic E-state index is 10.9. The van der Waals surface area contributed by atoms with Crippen LogP contribution in [0.5, 0.6) is 0 Å². The van der Waals surface area contributed by atoms with Crippen molar-refractivity contribution in [3.63, 3.8) is 0 Å². The minimum Gasteiger partial charge on any atom is -0.392 e. The molecule has 0 spiro atoms. The molecule has 3 fully saturated rings. The zero-order chi connectivity index (χ0) is 19.3. The van der Waals surface area contributed by atoms with Gasteiger partial charge in [-0.05, 0) is 107 Å². The van der Waals surface area contributed by atoms with Gasteiger partial charge in [-0.25, -0.2) is 0 Å². The lowest BCUT2D eigenvalue weighted by Crippen LogP contribution is -2.32. The summed E-state index contributed by atoms with van der Waals surface area (Å²) in [6.07, 6.45) is 27.8. The van der Waals surface area contributed by atoms with Crippen LogP contribution in [0.3, 0.4) is 0 Å². The van der Waals surface area contributed by atoms with E-state index in [2.05, 4.69) is 25.2 Å². The standard InChI is InChI=1S/C27H44O/c1-2-5-20-8-11-23(12-9-20)24-13-15-25(16-14-24)26-17-10-22(19-27(26)28)18-21-6-3-4-7-21/h2,5,15,20-24,26-28H,3-4,6-14,16-19H2,1H3/b5-2+. The predicted molar refractivity (Wildman–Crippen MR) is 119 cm³/mol. The second-order valence-corrected chi connectivity index (χ2v) is 10.8. The van der Waals surface area contributed by atoms with E-state index in [0.29, 0.717) is 5.92 Å². The molecular weight excluding hydrogens is 340 g/mol. The molecule has 0 aromatic rings. The molecule has 4 atom stereocenters. The third kappa shape index (κ3) is 5.13. The van der Waals surface area contributed by atoms with Gasteiger partial charge in [0, 0.05) is 5.92 Å². The Bertz CT molecular complexity index is 532. The van der Waals surface area contributed by atoms with Crippen LogP contribution in [0.4, 0.5) is 0 Å². The molecule has 4 unspecified atom stereocenters. The molecule has 0 amide bonds. The van der Waals surface area contributed by atoms with E-state index in [-0.39, 0.29) is 6.10 Å². The highest BCUT2D eigenvalue weighted by molar-refractivity contribution is 5.14. The highest BCUT2D eigenvalue weighted by Gasteiger charge is 2.35. The molecule has 1 heteroatoms. The summed E-state index contributed by atoms with van der Waals surface area (Å²) in [6.45, 7) is 2.16. The van der Waals surface area contributed by atoms with Gasteiger partial charge in [-0.15, -0.1) is 0 Å². The zero-order valence-electron chi connectivity index (χ0n) is 18.3. The summed E-state index contributed by atoms with van der Waals surface area (Å²) in [5.74, 6) is 5.01. The van der Waals surface area contributed by atoms with Gasteiger partial charge < -0.3 is 5.11 Å². The van der Waals surface area contributed by atoms with E-state index in [1.807, 2.05) is 0 Å². The third-order valence-corrected chi connectivity index (χ3v) is 8.98. The van der Waals surface area contributed by atoms with E-state index in [1.165, 1.54) is 89.9 Å². The van der Waals surface area contributed by atoms with Crippen LogP contribution in [-0.2, 0) is 0 Å². The van der Waals surface area contributed by atoms with Crippen LogP contribution in [0, 0.1) is 35.5 Å². The highest BCUT2D eigenvalue weighted by atomic mass is 16.3. The van der Waals surface area contributed by atoms with Gasteiger partial charge >= 0.3 is 0 Å². The van der Waals surface area contributed by atoms with Gasteiger partial charge in [-0.1, -0.05) is 49.5 Å². The van der Waals surface area contributed by atoms with Crippen molar-refractivity contribution < 1.29 is 5.11 Å². The van der Waals surface area contributed by atoms with Gasteiger partial charge in [0.05, 0.1) is 6.10 Å². The molecule has 1 nitrogen and oxygen atoms in total. The van der Waals surface area contributed by atoms with E-state index in [1.54, 1.807) is 5.57 Å². The van der Waals surface area contributed by atoms with E-state index >= 15 is 0 Å². The summed E-state index contributed by atoms with van der Waals surface area (Å²) in [4.78, 5) is 0. The fraction of sp³-hybridized carbons (Fsp3) is 0.852. The summed E-state index contributed by atoms with van der Waals surface area (Å²) < 4.78 is 0. The number of aliphatic hydroxyl groups excluding tert-OH is 1. The SMILES string of the molecule is C/C=C/C1CCC(C2CC=C(C3CCC(CC4CCCC4)CC3O)CC2)CC1. The third-order valence-electron chi connectivity index (χ3n) is 8.98. The number of rotatable bonds is 5. The Hall–Kier alpha value is -0.560. The van der Waals surface area contributed by atoms with Gasteiger partial charge in [0.25, 0.3) is 0 Å². The number of hydrogen-bond donors (Lipinski definition) is 1. The Labute approximate surface area is 174 Å². The molecule has 4 aliphatic carbocycles. The Balaban J connectivity index is 1.24. The van der Waals surface area contributed by atoms with E-state index in [4.69, 9.17) is 0 Å². The Morgan fingerprint density at radius 1 is 0.893 bits per heavy atom. The predicted octanol–water partition coefficient (Wildman–Crippen LogP) is 7.45. The van der Waals surface area contributed by atoms with Crippen molar-refractivity contribution in [2.75, 3.05) is 0 Å². The molecule has 0 aromatic carbocycles. The Kier molecular flexibility index (Phi) is 7.37. The monoisotopic (exact) mass is 384 g/mol. The van der Waals surface area contributed by atoms with Crippen molar-refractivity contribution in [3.05, 3.63) is 23.8 Å². The van der Waals surface area contributed by atoms with Crippen LogP contribution >= 0.6 is 0 Å². The van der Waals surface area contributed by atoms with Crippen LogP contribution in [0.25, 0.3) is 0 Å². The molecule has 0 saturated heterocycles. The van der Waals surface area contributed by atoms with Crippen LogP contribution < -0.4 is 0 Å². The maximum Gasteiger partial charge on any atom is 0.0608 e. The van der Waals surface area contributed by atoms with Crippen LogP contribution in [0.2, 0.25) is 0 Å². The molecule has 0 bridgehead atoms. The molecule has 0 heterocycles. The number of aliphatic hydroxyl groups is 1. The molecule has 3 saturated carbocycles. The van der Waals surface area contributed by atoms with Crippen molar-refractivity contribution in [1.29, 1.82) is 0 Å². The van der Waals surface area contributed by atoms with Gasteiger partial charge in [0.15, 0.2) is 0 Å². The molecule has 0 aliphatic heterocycles. The number of allylic oxidation sites excluding steroid dienone is 3. The fourth-order valence-corrected chi connectivity index (χ4v) is 7.32. The lowest BCUT2D eigenvalue weighted by atomic mass is 9.68. The van der Waals surface area contributed by atoms with Gasteiger partial charge in [0.1, 0.15) is 0 Å². The maximum absolute atomic E-state index is 10.9. The summed E-state index contributed by atoms with van der Waals surface area (Å²) >= 11 is 0. The smallest absolute Gasteiger partial charge is 0.0608 e. The largest absolute Gasteiger partial charge is 0.392 e. The van der Waals surface area contributed by atoms with Crippen molar-refractivity contribution in [1.82, 2.24) is 0 Å². The minimum absolute atomic E-state index is 0.0563. The summed E-state index contributed by atoms with van der Waals surface area (Å²) in [5.41, 5.74) is 1.63. The van der Waals surface area contributed by atoms with Gasteiger partial charge in [0.2, 0.25) is 0 Å². The first kappa shape index (κ1) is 20.7. The second kappa shape index (κ2) is 9.96. The first-order valence-electron chi connectivity index (χ1n) is 12.7. The normalized spacial score (nSPS) is 40.7. The fourth-order valence-electron chi connectivity index (χ4n) is 7.32. The minimum atomic E-state index is -0.0563. The molecule has 4 rings (SSSR count). The Morgan fingerprint density at radius 2 is 1.68 bits per heavy atom. The van der Waals surface area contributed by atoms with E-state index < -0.39 is 0 Å². The molecule has 158 valence electrons. The molecular formula is C27H44O. The zero-order valence-corrected chi connectivity index (χ0v) is 18.3. The average Bonchev–Trinajstić information content (AvgIpc) is 3.22. The van der Waals surface area contributed by atoms with Crippen LogP contribution in [0.15, 0.2) is 23.8 Å². The topological polar surface area (TPSA) is 20.2 Å². The van der Waals surface area contributed by atoms with Gasteiger partial charge in [-0.2, -0.15) is 0 Å². The van der Waals surface area contributed by atoms with Crippen molar-refractivity contribution in [3.8, 4) is 0 Å². The quantitative estimate of drug-likeness (QED) is 0.488. The van der Waals surface area contributed by atoms with Crippen molar-refractivity contribution in [2.24, 2.45) is 35.5 Å². The first-order valence-corrected chi connectivity index (χ1v) is 12.7. The lowest BCUT2D eigenvalue weighted by molar-refractivity contribution is 0.0509. The van der Waals surface area contributed by atoms with E-state index in [0.717, 1.165) is 36.0 Å². The molecule has 4 aliphatic rings. The van der Waals surface area contributed by atoms with Gasteiger partial charge in [-0.3, -0.25) is 0 Å². The highest BCUT2D eigenvalue weighted by Crippen LogP contribution is 2.45. The lowest BCUT2D eigenvalue weighted by Gasteiger charge is -2.39. The Morgan fingerprint density at radius 3 is 2.32 bits per heavy atom. The first-order chi connectivity index (χ1) is 13.7. The molecule has 0 radical (unpaired) electrons. The summed E-state index contributed by atoms with van der Waals surface area (Å²) in [6, 6.07) is 0. The van der Waals surface area contributed by atoms with Crippen molar-refractivity contribution in [2.45, 2.75) is 109 Å². The molecule has 0 aromatic heterocycles. The van der Waals surface area contributed by atoms with Crippen molar-refractivity contribution >= 4 is 0 Å². The second-order valence-electron chi connectivity index (χ2n) is 10.8. The molecule has 28 heavy (non-hydrogen) atoms. The summed E-state index contributed by atoms with van der Waals surface area (Å²) in [5, 5.41) is 10.9. The average molecular weight is 385 g/mol. The van der Waals surface area contributed by atoms with E-state index in [9.17, 15) is 5.11 Å².